The second-order valence-corrected chi connectivity index (χ2v) is 9.35. The summed E-state index contributed by atoms with van der Waals surface area (Å²) >= 11 is 6.27. The lowest BCUT2D eigenvalue weighted by Crippen LogP contribution is -2.18. The van der Waals surface area contributed by atoms with Gasteiger partial charge in [-0.05, 0) is 35.4 Å². The van der Waals surface area contributed by atoms with E-state index < -0.39 is 0 Å². The fraction of sp³-hybridized carbons (Fsp3) is 0.148. The standard InChI is InChI=1S/C27H23ClN8O/c1-33(27-21-13-20(28)10-11-23(21)34(2)32-27)26-22-16-36(31-25(22)29-17-30-26)15-19-8-6-18(7-9-19)14-35-12-4-3-5-24(35)37/h3-13,16-17H,14-15H2,1-2H3. The smallest absolute Gasteiger partial charge is 0.250 e. The predicted molar refractivity (Wildman–Crippen MR) is 144 cm³/mol. The van der Waals surface area contributed by atoms with Gasteiger partial charge < -0.3 is 9.47 Å². The number of benzene rings is 2. The summed E-state index contributed by atoms with van der Waals surface area (Å²) in [6, 6.07) is 19.1. The van der Waals surface area contributed by atoms with Gasteiger partial charge in [-0.25, -0.2) is 9.97 Å². The van der Waals surface area contributed by atoms with E-state index in [9.17, 15) is 4.79 Å². The van der Waals surface area contributed by atoms with Crippen molar-refractivity contribution in [3.63, 3.8) is 0 Å². The number of pyridine rings is 1. The molecule has 0 radical (unpaired) electrons. The van der Waals surface area contributed by atoms with E-state index >= 15 is 0 Å². The molecule has 9 nitrogen and oxygen atoms in total. The molecule has 0 saturated heterocycles. The van der Waals surface area contributed by atoms with Crippen LogP contribution < -0.4 is 10.5 Å². The van der Waals surface area contributed by atoms with Gasteiger partial charge in [0.25, 0.3) is 5.56 Å². The molecule has 2 aromatic carbocycles. The number of aromatic nitrogens is 7. The van der Waals surface area contributed by atoms with E-state index in [1.54, 1.807) is 22.9 Å². The quantitative estimate of drug-likeness (QED) is 0.330. The summed E-state index contributed by atoms with van der Waals surface area (Å²) in [5.74, 6) is 1.46. The van der Waals surface area contributed by atoms with Gasteiger partial charge in [-0.3, -0.25) is 14.2 Å². The topological polar surface area (TPSA) is 86.7 Å². The maximum absolute atomic E-state index is 12.0. The van der Waals surface area contributed by atoms with Crippen LogP contribution in [0.2, 0.25) is 5.02 Å². The van der Waals surface area contributed by atoms with Gasteiger partial charge in [0, 0.05) is 43.0 Å². The van der Waals surface area contributed by atoms with E-state index in [0.717, 1.165) is 33.2 Å². The molecule has 0 fully saturated rings. The number of fused-ring (bicyclic) bond motifs is 2. The summed E-state index contributed by atoms with van der Waals surface area (Å²) in [5.41, 5.74) is 3.71. The number of nitrogens with zero attached hydrogens (tertiary/aromatic N) is 8. The Morgan fingerprint density at radius 2 is 1.68 bits per heavy atom. The van der Waals surface area contributed by atoms with E-state index in [0.29, 0.717) is 29.6 Å². The molecule has 4 heterocycles. The van der Waals surface area contributed by atoms with Crippen LogP contribution in [0.15, 0.2) is 84.2 Å². The Kier molecular flexibility index (Phi) is 5.69. The van der Waals surface area contributed by atoms with Crippen LogP contribution in [-0.2, 0) is 20.1 Å². The van der Waals surface area contributed by atoms with Crippen molar-refractivity contribution in [3.05, 3.63) is 106 Å². The number of rotatable bonds is 6. The van der Waals surface area contributed by atoms with Crippen LogP contribution in [0, 0.1) is 0 Å². The van der Waals surface area contributed by atoms with E-state index in [2.05, 4.69) is 27.2 Å². The van der Waals surface area contributed by atoms with E-state index in [1.165, 1.54) is 6.33 Å². The number of halogens is 1. The third kappa shape index (κ3) is 4.34. The van der Waals surface area contributed by atoms with Crippen LogP contribution in [-0.4, -0.2) is 41.1 Å². The Labute approximate surface area is 217 Å². The third-order valence-corrected chi connectivity index (χ3v) is 6.63. The molecule has 0 N–H and O–H groups in total. The molecular weight excluding hydrogens is 488 g/mol. The molecule has 0 aliphatic carbocycles. The van der Waals surface area contributed by atoms with Crippen LogP contribution in [0.1, 0.15) is 11.1 Å². The average Bonchev–Trinajstić information content (AvgIpc) is 3.46. The Morgan fingerprint density at radius 1 is 0.892 bits per heavy atom. The normalized spacial score (nSPS) is 11.4. The van der Waals surface area contributed by atoms with E-state index in [4.69, 9.17) is 16.7 Å². The molecule has 0 bridgehead atoms. The van der Waals surface area contributed by atoms with Crippen LogP contribution >= 0.6 is 11.6 Å². The maximum Gasteiger partial charge on any atom is 0.250 e. The van der Waals surface area contributed by atoms with Gasteiger partial charge in [0.1, 0.15) is 12.1 Å². The van der Waals surface area contributed by atoms with Gasteiger partial charge in [0.15, 0.2) is 11.5 Å². The Hall–Kier alpha value is -4.50. The molecule has 0 saturated carbocycles. The summed E-state index contributed by atoms with van der Waals surface area (Å²) in [6.07, 6.45) is 5.27. The first-order chi connectivity index (χ1) is 18.0. The highest BCUT2D eigenvalue weighted by Gasteiger charge is 2.19. The van der Waals surface area contributed by atoms with Crippen LogP contribution in [0.4, 0.5) is 11.6 Å². The molecule has 6 aromatic rings. The largest absolute Gasteiger partial charge is 0.311 e. The molecule has 10 heteroatoms. The molecule has 0 aliphatic rings. The highest BCUT2D eigenvalue weighted by Crippen LogP contribution is 2.33. The van der Waals surface area contributed by atoms with Gasteiger partial charge in [0.2, 0.25) is 0 Å². The molecule has 184 valence electrons. The van der Waals surface area contributed by atoms with Crippen LogP contribution in [0.5, 0.6) is 0 Å². The summed E-state index contributed by atoms with van der Waals surface area (Å²) in [7, 11) is 3.84. The van der Waals surface area contributed by atoms with Crippen LogP contribution in [0.3, 0.4) is 0 Å². The second kappa shape index (κ2) is 9.18. The van der Waals surface area contributed by atoms with Crippen molar-refractivity contribution in [1.82, 2.24) is 34.1 Å². The van der Waals surface area contributed by atoms with Gasteiger partial charge in [-0.15, -0.1) is 0 Å². The predicted octanol–water partition coefficient (Wildman–Crippen LogP) is 4.39. The van der Waals surface area contributed by atoms with E-state index in [-0.39, 0.29) is 5.56 Å². The van der Waals surface area contributed by atoms with Crippen molar-refractivity contribution in [2.75, 3.05) is 11.9 Å². The first-order valence-electron chi connectivity index (χ1n) is 11.7. The van der Waals surface area contributed by atoms with Crippen molar-refractivity contribution >= 4 is 45.2 Å². The van der Waals surface area contributed by atoms with Gasteiger partial charge in [0.05, 0.1) is 24.0 Å². The Morgan fingerprint density at radius 3 is 2.46 bits per heavy atom. The zero-order valence-electron chi connectivity index (χ0n) is 20.3. The van der Waals surface area contributed by atoms with Crippen molar-refractivity contribution < 1.29 is 0 Å². The van der Waals surface area contributed by atoms with Gasteiger partial charge >= 0.3 is 0 Å². The summed E-state index contributed by atoms with van der Waals surface area (Å²) in [6.45, 7) is 1.11. The van der Waals surface area contributed by atoms with E-state index in [1.807, 2.05) is 71.0 Å². The van der Waals surface area contributed by atoms with Gasteiger partial charge in [-0.2, -0.15) is 10.2 Å². The molecule has 0 unspecified atom stereocenters. The zero-order valence-corrected chi connectivity index (χ0v) is 21.0. The van der Waals surface area contributed by atoms with Crippen molar-refractivity contribution in [2.45, 2.75) is 13.1 Å². The fourth-order valence-corrected chi connectivity index (χ4v) is 4.68. The molecule has 0 amide bonds. The number of hydrogen-bond acceptors (Lipinski definition) is 6. The second-order valence-electron chi connectivity index (χ2n) is 8.91. The fourth-order valence-electron chi connectivity index (χ4n) is 4.51. The third-order valence-electron chi connectivity index (χ3n) is 6.39. The molecule has 0 aliphatic heterocycles. The first-order valence-corrected chi connectivity index (χ1v) is 12.1. The van der Waals surface area contributed by atoms with Crippen molar-refractivity contribution in [3.8, 4) is 0 Å². The molecule has 4 aromatic heterocycles. The van der Waals surface area contributed by atoms with Crippen molar-refractivity contribution in [1.29, 1.82) is 0 Å². The van der Waals surface area contributed by atoms with Crippen molar-refractivity contribution in [2.24, 2.45) is 7.05 Å². The molecule has 0 atom stereocenters. The minimum Gasteiger partial charge on any atom is -0.311 e. The number of anilines is 2. The average molecular weight is 511 g/mol. The monoisotopic (exact) mass is 510 g/mol. The molecule has 0 spiro atoms. The summed E-state index contributed by atoms with van der Waals surface area (Å²) in [5, 5.41) is 11.8. The summed E-state index contributed by atoms with van der Waals surface area (Å²) in [4.78, 5) is 22.9. The lowest BCUT2D eigenvalue weighted by atomic mass is 10.1. The van der Waals surface area contributed by atoms with Gasteiger partial charge in [-0.1, -0.05) is 41.9 Å². The SMILES string of the molecule is CN(c1ncnc2nn(Cc3ccc(Cn4ccccc4=O)cc3)cc12)c1nn(C)c2ccc(Cl)cc12. The summed E-state index contributed by atoms with van der Waals surface area (Å²) < 4.78 is 5.38. The Balaban J connectivity index is 1.27. The number of aryl methyl sites for hydroxylation is 1. The molecular formula is C27H23ClN8O. The molecule has 6 rings (SSSR count). The molecule has 37 heavy (non-hydrogen) atoms. The highest BCUT2D eigenvalue weighted by molar-refractivity contribution is 6.31. The number of hydrogen-bond donors (Lipinski definition) is 0. The minimum atomic E-state index is -0.0153. The Bertz CT molecular complexity index is 1800. The zero-order chi connectivity index (χ0) is 25.5. The van der Waals surface area contributed by atoms with Crippen LogP contribution in [0.25, 0.3) is 21.9 Å². The lowest BCUT2D eigenvalue weighted by molar-refractivity contribution is 0.692. The lowest BCUT2D eigenvalue weighted by Gasteiger charge is -2.16. The highest BCUT2D eigenvalue weighted by atomic mass is 35.5. The maximum atomic E-state index is 12.0. The first kappa shape index (κ1) is 22.9. The minimum absolute atomic E-state index is 0.0153.